The lowest BCUT2D eigenvalue weighted by Crippen LogP contribution is -2.29. The summed E-state index contributed by atoms with van der Waals surface area (Å²) in [4.78, 5) is 0. The standard InChI is InChI=1S/C10H18O.2ClH/c11-10-6-5-8-3-1-2-4-9(8)7-10;;/h8-11H,1-7H2;2*1H. The molecule has 3 atom stereocenters. The minimum Gasteiger partial charge on any atom is -0.393 e. The largest absolute Gasteiger partial charge is 0.393 e. The van der Waals surface area contributed by atoms with Crippen molar-refractivity contribution in [2.45, 2.75) is 51.0 Å². The van der Waals surface area contributed by atoms with Crippen LogP contribution in [0.3, 0.4) is 0 Å². The van der Waals surface area contributed by atoms with Crippen LogP contribution in [0.1, 0.15) is 44.9 Å². The van der Waals surface area contributed by atoms with Crippen molar-refractivity contribution >= 4 is 24.8 Å². The summed E-state index contributed by atoms with van der Waals surface area (Å²) in [7, 11) is 0. The Labute approximate surface area is 93.1 Å². The van der Waals surface area contributed by atoms with Crippen molar-refractivity contribution in [1.29, 1.82) is 0 Å². The van der Waals surface area contributed by atoms with E-state index in [2.05, 4.69) is 0 Å². The smallest absolute Gasteiger partial charge is 0.0543 e. The second kappa shape index (κ2) is 6.10. The highest BCUT2D eigenvalue weighted by atomic mass is 35.5. The molecule has 0 aromatic carbocycles. The van der Waals surface area contributed by atoms with Crippen molar-refractivity contribution in [1.82, 2.24) is 0 Å². The van der Waals surface area contributed by atoms with Crippen molar-refractivity contribution in [2.24, 2.45) is 11.8 Å². The first-order chi connectivity index (χ1) is 5.36. The highest BCUT2D eigenvalue weighted by Crippen LogP contribution is 2.40. The van der Waals surface area contributed by atoms with Gasteiger partial charge in [-0.3, -0.25) is 0 Å². The topological polar surface area (TPSA) is 20.2 Å². The van der Waals surface area contributed by atoms with E-state index in [9.17, 15) is 5.11 Å². The molecule has 0 amide bonds. The molecule has 0 bridgehead atoms. The number of rotatable bonds is 0. The van der Waals surface area contributed by atoms with E-state index in [1.165, 1.54) is 32.1 Å². The Morgan fingerprint density at radius 1 is 0.769 bits per heavy atom. The van der Waals surface area contributed by atoms with Crippen molar-refractivity contribution in [3.63, 3.8) is 0 Å². The average molecular weight is 227 g/mol. The molecule has 80 valence electrons. The summed E-state index contributed by atoms with van der Waals surface area (Å²) >= 11 is 0. The summed E-state index contributed by atoms with van der Waals surface area (Å²) in [6.07, 6.45) is 9.19. The Morgan fingerprint density at radius 2 is 1.38 bits per heavy atom. The van der Waals surface area contributed by atoms with Gasteiger partial charge < -0.3 is 5.11 Å². The summed E-state index contributed by atoms with van der Waals surface area (Å²) in [5.41, 5.74) is 0. The van der Waals surface area contributed by atoms with E-state index in [1.54, 1.807) is 0 Å². The van der Waals surface area contributed by atoms with E-state index in [0.717, 1.165) is 24.7 Å². The van der Waals surface area contributed by atoms with Crippen LogP contribution in [0.25, 0.3) is 0 Å². The van der Waals surface area contributed by atoms with E-state index in [4.69, 9.17) is 0 Å². The predicted molar refractivity (Wildman–Crippen MR) is 59.8 cm³/mol. The summed E-state index contributed by atoms with van der Waals surface area (Å²) in [5, 5.41) is 9.45. The fourth-order valence-corrected chi connectivity index (χ4v) is 2.85. The summed E-state index contributed by atoms with van der Waals surface area (Å²) in [5.74, 6) is 1.86. The molecule has 0 saturated heterocycles. The zero-order valence-electron chi connectivity index (χ0n) is 7.95. The normalized spacial score (nSPS) is 38.1. The molecule has 3 unspecified atom stereocenters. The van der Waals surface area contributed by atoms with Gasteiger partial charge in [0.15, 0.2) is 0 Å². The lowest BCUT2D eigenvalue weighted by molar-refractivity contribution is 0.0491. The molecular weight excluding hydrogens is 207 g/mol. The van der Waals surface area contributed by atoms with Gasteiger partial charge in [-0.25, -0.2) is 0 Å². The minimum atomic E-state index is 0. The number of aliphatic hydroxyl groups excluding tert-OH is 1. The number of hydrogen-bond donors (Lipinski definition) is 1. The summed E-state index contributed by atoms with van der Waals surface area (Å²) in [6, 6.07) is 0. The third kappa shape index (κ3) is 3.30. The Morgan fingerprint density at radius 3 is 2.08 bits per heavy atom. The van der Waals surface area contributed by atoms with Crippen molar-refractivity contribution < 1.29 is 5.11 Å². The molecule has 1 N–H and O–H groups in total. The van der Waals surface area contributed by atoms with E-state index < -0.39 is 0 Å². The Bertz CT molecular complexity index is 141. The van der Waals surface area contributed by atoms with Gasteiger partial charge in [0.1, 0.15) is 0 Å². The highest BCUT2D eigenvalue weighted by Gasteiger charge is 2.30. The highest BCUT2D eigenvalue weighted by molar-refractivity contribution is 5.85. The van der Waals surface area contributed by atoms with Gasteiger partial charge in [0.2, 0.25) is 0 Å². The molecule has 2 aliphatic carbocycles. The van der Waals surface area contributed by atoms with Crippen LogP contribution in [0, 0.1) is 11.8 Å². The molecule has 0 aromatic rings. The third-order valence-corrected chi connectivity index (χ3v) is 3.51. The zero-order chi connectivity index (χ0) is 7.68. The van der Waals surface area contributed by atoms with Crippen LogP contribution >= 0.6 is 24.8 Å². The maximum Gasteiger partial charge on any atom is 0.0543 e. The van der Waals surface area contributed by atoms with Gasteiger partial charge >= 0.3 is 0 Å². The average Bonchev–Trinajstić information content (AvgIpc) is 2.04. The minimum absolute atomic E-state index is 0. The molecule has 3 heteroatoms. The van der Waals surface area contributed by atoms with Crippen molar-refractivity contribution in [3.05, 3.63) is 0 Å². The Kier molecular flexibility index (Phi) is 6.36. The maximum atomic E-state index is 9.45. The van der Waals surface area contributed by atoms with Crippen molar-refractivity contribution in [3.8, 4) is 0 Å². The molecular formula is C10H20Cl2O. The molecule has 1 nitrogen and oxygen atoms in total. The molecule has 13 heavy (non-hydrogen) atoms. The lowest BCUT2D eigenvalue weighted by Gasteiger charge is -2.37. The van der Waals surface area contributed by atoms with Gasteiger partial charge in [-0.2, -0.15) is 0 Å². The van der Waals surface area contributed by atoms with Gasteiger partial charge in [-0.05, 0) is 31.1 Å². The van der Waals surface area contributed by atoms with Gasteiger partial charge in [-0.15, -0.1) is 24.8 Å². The SMILES string of the molecule is Cl.Cl.OC1CCC2CCCCC2C1. The van der Waals surface area contributed by atoms with Crippen LogP contribution in [0.4, 0.5) is 0 Å². The first kappa shape index (κ1) is 13.5. The molecule has 0 heterocycles. The molecule has 2 rings (SSSR count). The van der Waals surface area contributed by atoms with Gasteiger partial charge in [0.25, 0.3) is 0 Å². The second-order valence-corrected chi connectivity index (χ2v) is 4.27. The van der Waals surface area contributed by atoms with Crippen LogP contribution < -0.4 is 0 Å². The Hall–Kier alpha value is 0.540. The van der Waals surface area contributed by atoms with Crippen molar-refractivity contribution in [2.75, 3.05) is 0 Å². The van der Waals surface area contributed by atoms with Gasteiger partial charge in [-0.1, -0.05) is 25.7 Å². The predicted octanol–water partition coefficient (Wildman–Crippen LogP) is 3.18. The molecule has 0 aliphatic heterocycles. The van der Waals surface area contributed by atoms with Crippen LogP contribution in [0.15, 0.2) is 0 Å². The molecule has 0 aromatic heterocycles. The van der Waals surface area contributed by atoms with Crippen LogP contribution in [-0.4, -0.2) is 11.2 Å². The first-order valence-electron chi connectivity index (χ1n) is 5.04. The third-order valence-electron chi connectivity index (χ3n) is 3.51. The van der Waals surface area contributed by atoms with Crippen LogP contribution in [0.2, 0.25) is 0 Å². The number of hydrogen-bond acceptors (Lipinski definition) is 1. The summed E-state index contributed by atoms with van der Waals surface area (Å²) in [6.45, 7) is 0. The maximum absolute atomic E-state index is 9.45. The molecule has 0 radical (unpaired) electrons. The van der Waals surface area contributed by atoms with E-state index in [-0.39, 0.29) is 30.9 Å². The number of aliphatic hydroxyl groups is 1. The molecule has 2 aliphatic rings. The van der Waals surface area contributed by atoms with E-state index in [0.29, 0.717) is 0 Å². The Balaban J connectivity index is 0.000000720. The first-order valence-corrected chi connectivity index (χ1v) is 5.04. The van der Waals surface area contributed by atoms with E-state index >= 15 is 0 Å². The van der Waals surface area contributed by atoms with Crippen LogP contribution in [-0.2, 0) is 0 Å². The quantitative estimate of drug-likeness (QED) is 0.673. The zero-order valence-corrected chi connectivity index (χ0v) is 9.58. The summed E-state index contributed by atoms with van der Waals surface area (Å²) < 4.78 is 0. The fraction of sp³-hybridized carbons (Fsp3) is 1.00. The van der Waals surface area contributed by atoms with E-state index in [1.807, 2.05) is 0 Å². The van der Waals surface area contributed by atoms with Crippen LogP contribution in [0.5, 0.6) is 0 Å². The molecule has 2 saturated carbocycles. The molecule has 0 spiro atoms. The monoisotopic (exact) mass is 226 g/mol. The molecule has 2 fully saturated rings. The fourth-order valence-electron chi connectivity index (χ4n) is 2.85. The van der Waals surface area contributed by atoms with Gasteiger partial charge in [0.05, 0.1) is 6.10 Å². The number of halogens is 2. The lowest BCUT2D eigenvalue weighted by atomic mass is 9.70. The number of fused-ring (bicyclic) bond motifs is 1. The second-order valence-electron chi connectivity index (χ2n) is 4.27. The van der Waals surface area contributed by atoms with Gasteiger partial charge in [0, 0.05) is 0 Å².